The van der Waals surface area contributed by atoms with Crippen molar-refractivity contribution in [2.75, 3.05) is 11.4 Å². The molecule has 8 heteroatoms. The van der Waals surface area contributed by atoms with Gasteiger partial charge in [0.1, 0.15) is 0 Å². The molecule has 0 amide bonds. The molecular formula is C17H21N7O. The molecule has 25 heavy (non-hydrogen) atoms. The van der Waals surface area contributed by atoms with Gasteiger partial charge in [0.25, 0.3) is 0 Å². The van der Waals surface area contributed by atoms with E-state index in [1.165, 1.54) is 12.8 Å². The zero-order chi connectivity index (χ0) is 17.1. The average Bonchev–Trinajstić information content (AvgIpc) is 3.08. The number of nitrogens with zero attached hydrogens (tertiary/aromatic N) is 5. The van der Waals surface area contributed by atoms with Gasteiger partial charge in [-0.2, -0.15) is 10.2 Å². The van der Waals surface area contributed by atoms with E-state index in [0.29, 0.717) is 5.92 Å². The van der Waals surface area contributed by atoms with E-state index in [1.54, 1.807) is 0 Å². The van der Waals surface area contributed by atoms with E-state index in [-0.39, 0.29) is 11.7 Å². The van der Waals surface area contributed by atoms with Gasteiger partial charge in [0.05, 0.1) is 22.8 Å². The zero-order valence-electron chi connectivity index (χ0n) is 14.4. The largest absolute Gasteiger partial charge is 0.360 e. The number of aromatic amines is 2. The minimum Gasteiger partial charge on any atom is -0.360 e. The Morgan fingerprint density at radius 2 is 2.12 bits per heavy atom. The summed E-state index contributed by atoms with van der Waals surface area (Å²) in [5, 5.41) is 12.4. The Kier molecular flexibility index (Phi) is 3.04. The van der Waals surface area contributed by atoms with Crippen molar-refractivity contribution in [2.45, 2.75) is 32.2 Å². The number of hydrogen-bond acceptors (Lipinski definition) is 5. The molecule has 2 aliphatic rings. The molecule has 2 N–H and O–H groups in total. The van der Waals surface area contributed by atoms with Crippen LogP contribution in [0.15, 0.2) is 17.1 Å². The fraction of sp³-hybridized carbons (Fsp3) is 0.529. The number of pyridine rings is 1. The molecule has 1 saturated heterocycles. The van der Waals surface area contributed by atoms with Gasteiger partial charge in [-0.15, -0.1) is 0 Å². The van der Waals surface area contributed by atoms with Crippen LogP contribution in [-0.2, 0) is 7.05 Å². The van der Waals surface area contributed by atoms with Crippen molar-refractivity contribution < 1.29 is 0 Å². The molecule has 1 aliphatic heterocycles. The van der Waals surface area contributed by atoms with Gasteiger partial charge < -0.3 is 4.90 Å². The highest BCUT2D eigenvalue weighted by atomic mass is 16.1. The number of aryl methyl sites for hydroxylation is 2. The molecule has 3 aromatic heterocycles. The van der Waals surface area contributed by atoms with E-state index in [1.807, 2.05) is 24.9 Å². The summed E-state index contributed by atoms with van der Waals surface area (Å²) in [5.41, 5.74) is 2.75. The van der Waals surface area contributed by atoms with E-state index in [4.69, 9.17) is 0 Å². The molecule has 5 rings (SSSR count). The van der Waals surface area contributed by atoms with Gasteiger partial charge >= 0.3 is 5.69 Å². The van der Waals surface area contributed by atoms with Crippen molar-refractivity contribution in [3.8, 4) is 0 Å². The van der Waals surface area contributed by atoms with Crippen LogP contribution in [0.4, 0.5) is 5.69 Å². The van der Waals surface area contributed by atoms with Crippen molar-refractivity contribution in [1.29, 1.82) is 0 Å². The van der Waals surface area contributed by atoms with Gasteiger partial charge in [0, 0.05) is 19.8 Å². The van der Waals surface area contributed by atoms with Crippen molar-refractivity contribution in [1.82, 2.24) is 29.9 Å². The Hall–Kier alpha value is -2.64. The molecule has 0 radical (unpaired) electrons. The number of rotatable bonds is 3. The third-order valence-corrected chi connectivity index (χ3v) is 5.66. The minimum absolute atomic E-state index is 0.0941. The molecule has 2 fully saturated rings. The molecule has 0 spiro atoms. The van der Waals surface area contributed by atoms with Gasteiger partial charge in [-0.05, 0) is 44.1 Å². The first-order chi connectivity index (χ1) is 12.1. The Morgan fingerprint density at radius 1 is 1.28 bits per heavy atom. The first kappa shape index (κ1) is 14.7. The summed E-state index contributed by atoms with van der Waals surface area (Å²) in [5.74, 6) is 2.01. The number of nitrogens with one attached hydrogen (secondary N) is 2. The lowest BCUT2D eigenvalue weighted by Gasteiger charge is -2.28. The van der Waals surface area contributed by atoms with E-state index >= 15 is 0 Å². The summed E-state index contributed by atoms with van der Waals surface area (Å²) in [7, 11) is 1.92. The van der Waals surface area contributed by atoms with Crippen LogP contribution >= 0.6 is 0 Å². The van der Waals surface area contributed by atoms with E-state index in [9.17, 15) is 4.79 Å². The van der Waals surface area contributed by atoms with Crippen LogP contribution in [0, 0.1) is 18.8 Å². The maximum Gasteiger partial charge on any atom is 0.340 e. The highest BCUT2D eigenvalue weighted by Crippen LogP contribution is 2.51. The van der Waals surface area contributed by atoms with Crippen LogP contribution in [-0.4, -0.2) is 36.5 Å². The van der Waals surface area contributed by atoms with Crippen molar-refractivity contribution in [3.05, 3.63) is 34.3 Å². The number of hydrogen-bond donors (Lipinski definition) is 2. The van der Waals surface area contributed by atoms with E-state index in [2.05, 4.69) is 36.2 Å². The maximum atomic E-state index is 11.6. The van der Waals surface area contributed by atoms with Gasteiger partial charge in [-0.3, -0.25) is 9.67 Å². The standard InChI is InChI=1S/C17H21N7O/c1-9-13-12(5-7-18-16(13)23(2)22-9)24-8-6-11(10-3-4-10)14(24)15-19-17(25)21-20-15/h5,7,10-11,14H,3-4,6,8H2,1-2H3,(H2,19,20,21,25). The molecule has 1 saturated carbocycles. The predicted molar refractivity (Wildman–Crippen MR) is 93.4 cm³/mol. The zero-order valence-corrected chi connectivity index (χ0v) is 14.4. The van der Waals surface area contributed by atoms with E-state index < -0.39 is 0 Å². The van der Waals surface area contributed by atoms with Crippen LogP contribution in [0.5, 0.6) is 0 Å². The Morgan fingerprint density at radius 3 is 2.84 bits per heavy atom. The molecule has 2 atom stereocenters. The number of aromatic nitrogens is 6. The lowest BCUT2D eigenvalue weighted by molar-refractivity contribution is 0.415. The second kappa shape index (κ2) is 5.18. The average molecular weight is 339 g/mol. The van der Waals surface area contributed by atoms with Crippen LogP contribution in [0.3, 0.4) is 0 Å². The summed E-state index contributed by atoms with van der Waals surface area (Å²) < 4.78 is 1.83. The predicted octanol–water partition coefficient (Wildman–Crippen LogP) is 1.67. The second-order valence-corrected chi connectivity index (χ2v) is 7.23. The normalized spacial score (nSPS) is 23.7. The highest BCUT2D eigenvalue weighted by Gasteiger charge is 2.45. The molecule has 1 aliphatic carbocycles. The summed E-state index contributed by atoms with van der Waals surface area (Å²) in [6.07, 6.45) is 5.52. The Bertz CT molecular complexity index is 996. The van der Waals surface area contributed by atoms with Crippen molar-refractivity contribution in [2.24, 2.45) is 18.9 Å². The third kappa shape index (κ3) is 2.20. The van der Waals surface area contributed by atoms with Crippen molar-refractivity contribution in [3.63, 3.8) is 0 Å². The monoisotopic (exact) mass is 339 g/mol. The smallest absolute Gasteiger partial charge is 0.340 e. The molecule has 2 unspecified atom stereocenters. The van der Waals surface area contributed by atoms with Gasteiger partial charge in [0.2, 0.25) is 0 Å². The minimum atomic E-state index is -0.242. The van der Waals surface area contributed by atoms with Gasteiger partial charge in [-0.25, -0.2) is 14.9 Å². The summed E-state index contributed by atoms with van der Waals surface area (Å²) in [6.45, 7) is 2.97. The number of fused-ring (bicyclic) bond motifs is 1. The third-order valence-electron chi connectivity index (χ3n) is 5.66. The van der Waals surface area contributed by atoms with Gasteiger partial charge in [-0.1, -0.05) is 0 Å². The van der Waals surface area contributed by atoms with Crippen LogP contribution in [0.2, 0.25) is 0 Å². The van der Waals surface area contributed by atoms with E-state index in [0.717, 1.165) is 47.1 Å². The maximum absolute atomic E-state index is 11.6. The number of anilines is 1. The molecule has 8 nitrogen and oxygen atoms in total. The van der Waals surface area contributed by atoms with Gasteiger partial charge in [0.15, 0.2) is 11.5 Å². The summed E-state index contributed by atoms with van der Waals surface area (Å²) in [4.78, 5) is 21.4. The number of H-pyrrole nitrogens is 2. The van der Waals surface area contributed by atoms with Crippen molar-refractivity contribution >= 4 is 16.7 Å². The van der Waals surface area contributed by atoms with Crippen LogP contribution in [0.25, 0.3) is 11.0 Å². The second-order valence-electron chi connectivity index (χ2n) is 7.23. The fourth-order valence-corrected chi connectivity index (χ4v) is 4.47. The lowest BCUT2D eigenvalue weighted by atomic mass is 9.94. The lowest BCUT2D eigenvalue weighted by Crippen LogP contribution is -2.27. The quantitative estimate of drug-likeness (QED) is 0.757. The SMILES string of the molecule is Cc1nn(C)c2nccc(N3CCC(C4CC4)C3c3n[nH]c(=O)[nH]3)c12. The molecule has 0 bridgehead atoms. The topological polar surface area (TPSA) is 95.5 Å². The van der Waals surface area contributed by atoms with Crippen LogP contribution in [0.1, 0.15) is 36.8 Å². The fourth-order valence-electron chi connectivity index (χ4n) is 4.47. The molecule has 130 valence electrons. The molecular weight excluding hydrogens is 318 g/mol. The first-order valence-corrected chi connectivity index (χ1v) is 8.83. The highest BCUT2D eigenvalue weighted by molar-refractivity contribution is 5.92. The van der Waals surface area contributed by atoms with Crippen LogP contribution < -0.4 is 10.6 Å². The summed E-state index contributed by atoms with van der Waals surface area (Å²) in [6, 6.07) is 2.15. The Balaban J connectivity index is 1.66. The molecule has 0 aromatic carbocycles. The summed E-state index contributed by atoms with van der Waals surface area (Å²) >= 11 is 0. The first-order valence-electron chi connectivity index (χ1n) is 8.83. The molecule has 4 heterocycles. The Labute approximate surface area is 144 Å². The molecule has 3 aromatic rings.